The highest BCUT2D eigenvalue weighted by Gasteiger charge is 1.96. The molecule has 0 bridgehead atoms. The summed E-state index contributed by atoms with van der Waals surface area (Å²) in [5, 5.41) is 4.64. The molecule has 0 aliphatic carbocycles. The molecule has 0 spiro atoms. The zero-order valence-corrected chi connectivity index (χ0v) is 6.71. The lowest BCUT2D eigenvalue weighted by Gasteiger charge is -2.03. The molecule has 0 radical (unpaired) electrons. The fraction of sp³-hybridized carbons (Fsp3) is 0.429. The molecule has 0 aromatic carbocycles. The number of hydrogen-bond acceptors (Lipinski definition) is 3. The molecule has 2 amide bonds. The third kappa shape index (κ3) is 6.76. The molecule has 0 saturated heterocycles. The van der Waals surface area contributed by atoms with Gasteiger partial charge in [-0.15, -0.1) is 6.58 Å². The van der Waals surface area contributed by atoms with Crippen LogP contribution in [0.25, 0.3) is 0 Å². The van der Waals surface area contributed by atoms with Crippen molar-refractivity contribution in [2.24, 2.45) is 0 Å². The zero-order valence-electron chi connectivity index (χ0n) is 6.71. The highest BCUT2D eigenvalue weighted by molar-refractivity contribution is 5.79. The molecular weight excluding hydrogens is 160 g/mol. The van der Waals surface area contributed by atoms with Crippen LogP contribution in [0.2, 0.25) is 0 Å². The summed E-state index contributed by atoms with van der Waals surface area (Å²) in [4.78, 5) is 20.5. The minimum atomic E-state index is -0.286. The fourth-order valence-corrected chi connectivity index (χ4v) is 0.471. The topological polar surface area (TPSA) is 67.4 Å². The van der Waals surface area contributed by atoms with E-state index in [2.05, 4.69) is 17.2 Å². The lowest BCUT2D eigenvalue weighted by Crippen LogP contribution is -2.34. The van der Waals surface area contributed by atoms with Gasteiger partial charge in [-0.25, -0.2) is 0 Å². The first-order valence-electron chi connectivity index (χ1n) is 3.43. The van der Waals surface area contributed by atoms with Crippen LogP contribution in [-0.2, 0) is 14.3 Å². The van der Waals surface area contributed by atoms with Crippen LogP contribution in [0, 0.1) is 0 Å². The van der Waals surface area contributed by atoms with E-state index in [0.717, 1.165) is 0 Å². The third-order valence-corrected chi connectivity index (χ3v) is 0.953. The Bertz CT molecular complexity index is 159. The van der Waals surface area contributed by atoms with Crippen LogP contribution in [0.15, 0.2) is 12.7 Å². The molecular formula is C7H12N2O3. The van der Waals surface area contributed by atoms with Gasteiger partial charge >= 0.3 is 0 Å². The molecule has 0 aromatic heterocycles. The summed E-state index contributed by atoms with van der Waals surface area (Å²) in [6.07, 6.45) is 2.04. The minimum Gasteiger partial charge on any atom is -0.357 e. The summed E-state index contributed by atoms with van der Waals surface area (Å²) in [7, 11) is 0. The molecule has 0 saturated carbocycles. The molecule has 0 fully saturated rings. The van der Waals surface area contributed by atoms with Crippen molar-refractivity contribution in [1.29, 1.82) is 0 Å². The number of ether oxygens (including phenoxy) is 1. The van der Waals surface area contributed by atoms with Crippen LogP contribution in [0.5, 0.6) is 0 Å². The van der Waals surface area contributed by atoms with Crippen LogP contribution in [0.4, 0.5) is 0 Å². The van der Waals surface area contributed by atoms with Gasteiger partial charge in [-0.3, -0.25) is 9.59 Å². The Morgan fingerprint density at radius 1 is 1.58 bits per heavy atom. The second-order valence-electron chi connectivity index (χ2n) is 1.90. The number of rotatable bonds is 7. The predicted octanol–water partition coefficient (Wildman–Crippen LogP) is -0.991. The van der Waals surface area contributed by atoms with E-state index in [1.165, 1.54) is 0 Å². The van der Waals surface area contributed by atoms with E-state index in [-0.39, 0.29) is 19.2 Å². The smallest absolute Gasteiger partial charge is 0.241 e. The van der Waals surface area contributed by atoms with Gasteiger partial charge in [0.1, 0.15) is 6.73 Å². The van der Waals surface area contributed by atoms with Gasteiger partial charge < -0.3 is 15.4 Å². The Labute approximate surface area is 70.8 Å². The maximum Gasteiger partial charge on any atom is 0.241 e. The number of carbonyl (C=O) groups is 2. The van der Waals surface area contributed by atoms with Crippen molar-refractivity contribution in [1.82, 2.24) is 10.6 Å². The lowest BCUT2D eigenvalue weighted by atomic mass is 10.6. The highest BCUT2D eigenvalue weighted by Crippen LogP contribution is 1.71. The van der Waals surface area contributed by atoms with Crippen molar-refractivity contribution < 1.29 is 14.3 Å². The van der Waals surface area contributed by atoms with Crippen LogP contribution < -0.4 is 10.6 Å². The Morgan fingerprint density at radius 2 is 2.33 bits per heavy atom. The summed E-state index contributed by atoms with van der Waals surface area (Å²) in [5.41, 5.74) is 0. The number of amides is 2. The van der Waals surface area contributed by atoms with E-state index in [0.29, 0.717) is 13.0 Å². The van der Waals surface area contributed by atoms with E-state index in [9.17, 15) is 9.59 Å². The van der Waals surface area contributed by atoms with Gasteiger partial charge in [-0.1, -0.05) is 6.08 Å². The Morgan fingerprint density at radius 3 is 2.92 bits per heavy atom. The largest absolute Gasteiger partial charge is 0.357 e. The van der Waals surface area contributed by atoms with Gasteiger partial charge in [0, 0.05) is 0 Å². The first-order chi connectivity index (χ1) is 5.81. The monoisotopic (exact) mass is 172 g/mol. The van der Waals surface area contributed by atoms with Gasteiger partial charge in [-0.2, -0.15) is 0 Å². The maximum absolute atomic E-state index is 10.7. The normalized spacial score (nSPS) is 8.67. The van der Waals surface area contributed by atoms with E-state index in [1.807, 2.05) is 0 Å². The molecule has 0 aromatic rings. The second-order valence-corrected chi connectivity index (χ2v) is 1.90. The third-order valence-electron chi connectivity index (χ3n) is 0.953. The molecule has 0 atom stereocenters. The Balaban J connectivity index is 3.19. The predicted molar refractivity (Wildman–Crippen MR) is 43.2 cm³/mol. The first-order valence-corrected chi connectivity index (χ1v) is 3.43. The molecule has 5 nitrogen and oxygen atoms in total. The summed E-state index contributed by atoms with van der Waals surface area (Å²) in [6, 6.07) is 0. The van der Waals surface area contributed by atoms with Gasteiger partial charge in [0.25, 0.3) is 0 Å². The second kappa shape index (κ2) is 7.74. The van der Waals surface area contributed by atoms with Crippen LogP contribution in [0.1, 0.15) is 0 Å². The molecule has 12 heavy (non-hydrogen) atoms. The average molecular weight is 172 g/mol. The fourth-order valence-electron chi connectivity index (χ4n) is 0.471. The first kappa shape index (κ1) is 10.6. The van der Waals surface area contributed by atoms with Crippen LogP contribution >= 0.6 is 0 Å². The molecule has 0 aliphatic heterocycles. The van der Waals surface area contributed by atoms with Crippen LogP contribution in [-0.4, -0.2) is 32.2 Å². The molecule has 0 aliphatic rings. The maximum atomic E-state index is 10.7. The van der Waals surface area contributed by atoms with Crippen LogP contribution in [0.3, 0.4) is 0 Å². The lowest BCUT2D eigenvalue weighted by molar-refractivity contribution is -0.123. The average Bonchev–Trinajstić information content (AvgIpc) is 2.09. The molecule has 68 valence electrons. The van der Waals surface area contributed by atoms with Gasteiger partial charge in [-0.05, 0) is 0 Å². The van der Waals surface area contributed by atoms with Gasteiger partial charge in [0.15, 0.2) is 0 Å². The van der Waals surface area contributed by atoms with Crippen molar-refractivity contribution in [3.8, 4) is 0 Å². The van der Waals surface area contributed by atoms with Crippen molar-refractivity contribution >= 4 is 12.3 Å². The molecule has 0 unspecified atom stereocenters. The Kier molecular flexibility index (Phi) is 6.87. The number of nitrogens with one attached hydrogen (secondary N) is 2. The zero-order chi connectivity index (χ0) is 9.23. The molecule has 0 heterocycles. The summed E-state index contributed by atoms with van der Waals surface area (Å²) >= 11 is 0. The Hall–Kier alpha value is -1.36. The van der Waals surface area contributed by atoms with E-state index in [1.54, 1.807) is 6.08 Å². The SMILES string of the molecule is C=CCOCNC(=O)CNC=O. The van der Waals surface area contributed by atoms with Gasteiger partial charge in [0.2, 0.25) is 12.3 Å². The molecule has 2 N–H and O–H groups in total. The summed E-state index contributed by atoms with van der Waals surface area (Å²) in [6.45, 7) is 3.92. The van der Waals surface area contributed by atoms with Crippen molar-refractivity contribution in [3.05, 3.63) is 12.7 Å². The number of hydrogen-bond donors (Lipinski definition) is 2. The van der Waals surface area contributed by atoms with E-state index in [4.69, 9.17) is 4.74 Å². The highest BCUT2D eigenvalue weighted by atomic mass is 16.5. The van der Waals surface area contributed by atoms with E-state index < -0.39 is 0 Å². The van der Waals surface area contributed by atoms with Crippen molar-refractivity contribution in [2.45, 2.75) is 0 Å². The van der Waals surface area contributed by atoms with Crippen molar-refractivity contribution in [3.63, 3.8) is 0 Å². The van der Waals surface area contributed by atoms with Gasteiger partial charge in [0.05, 0.1) is 13.2 Å². The number of carbonyl (C=O) groups excluding carboxylic acids is 2. The summed E-state index contributed by atoms with van der Waals surface area (Å²) in [5.74, 6) is -0.286. The minimum absolute atomic E-state index is 0.0268. The standard InChI is InChI=1S/C7H12N2O3/c1-2-3-12-6-9-7(11)4-8-5-10/h2,5H,1,3-4,6H2,(H,8,10)(H,9,11). The quantitative estimate of drug-likeness (QED) is 0.224. The van der Waals surface area contributed by atoms with E-state index >= 15 is 0 Å². The molecule has 0 rings (SSSR count). The molecule has 5 heteroatoms. The summed E-state index contributed by atoms with van der Waals surface area (Å²) < 4.78 is 4.87. The van der Waals surface area contributed by atoms with Crippen molar-refractivity contribution in [2.75, 3.05) is 19.9 Å².